The van der Waals surface area contributed by atoms with Gasteiger partial charge < -0.3 is 20.6 Å². The number of nitrogens with zero attached hydrogens (tertiary/aromatic N) is 1. The van der Waals surface area contributed by atoms with Crippen LogP contribution in [0.1, 0.15) is 62.3 Å². The van der Waals surface area contributed by atoms with Crippen molar-refractivity contribution in [1.29, 1.82) is 0 Å². The van der Waals surface area contributed by atoms with Crippen LogP contribution in [-0.4, -0.2) is 57.2 Å². The normalized spacial score (nSPS) is 24.6. The van der Waals surface area contributed by atoms with E-state index >= 15 is 0 Å². The molecule has 1 aromatic carbocycles. The van der Waals surface area contributed by atoms with E-state index in [0.29, 0.717) is 5.56 Å². The van der Waals surface area contributed by atoms with Crippen molar-refractivity contribution in [3.8, 4) is 0 Å². The van der Waals surface area contributed by atoms with Crippen LogP contribution in [0.5, 0.6) is 0 Å². The number of hydrogen-bond acceptors (Lipinski definition) is 5. The molecule has 164 valence electrons. The minimum Gasteiger partial charge on any atom is -0.394 e. The van der Waals surface area contributed by atoms with Crippen molar-refractivity contribution in [3.05, 3.63) is 35.4 Å². The van der Waals surface area contributed by atoms with Crippen LogP contribution in [0.25, 0.3) is 0 Å². The summed E-state index contributed by atoms with van der Waals surface area (Å²) in [5, 5.41) is 14.9. The van der Waals surface area contributed by atoms with Gasteiger partial charge in [-0.05, 0) is 38.3 Å². The maximum absolute atomic E-state index is 13.2. The molecule has 0 aromatic heterocycles. The van der Waals surface area contributed by atoms with Crippen molar-refractivity contribution in [2.75, 3.05) is 6.61 Å². The van der Waals surface area contributed by atoms with E-state index in [1.165, 1.54) is 0 Å². The Morgan fingerprint density at radius 1 is 1.23 bits per heavy atom. The van der Waals surface area contributed by atoms with E-state index in [9.17, 15) is 19.5 Å². The smallest absolute Gasteiger partial charge is 0.256 e. The summed E-state index contributed by atoms with van der Waals surface area (Å²) in [6, 6.07) is 5.61. The van der Waals surface area contributed by atoms with Gasteiger partial charge in [-0.25, -0.2) is 0 Å². The van der Waals surface area contributed by atoms with Crippen LogP contribution in [0.15, 0.2) is 24.3 Å². The molecule has 0 unspecified atom stereocenters. The number of aliphatic hydroxyl groups is 1. The molecule has 1 fully saturated rings. The summed E-state index contributed by atoms with van der Waals surface area (Å²) in [6.07, 6.45) is 0.818. The van der Waals surface area contributed by atoms with Crippen molar-refractivity contribution >= 4 is 29.5 Å². The highest BCUT2D eigenvalue weighted by Crippen LogP contribution is 2.56. The lowest BCUT2D eigenvalue weighted by Crippen LogP contribution is -2.57. The lowest BCUT2D eigenvalue weighted by atomic mass is 9.99. The second-order valence-corrected chi connectivity index (χ2v) is 10.4. The van der Waals surface area contributed by atoms with Crippen LogP contribution >= 0.6 is 11.8 Å². The number of fused-ring (bicyclic) bond motifs is 3. The average Bonchev–Trinajstić information content (AvgIpc) is 3.14. The maximum Gasteiger partial charge on any atom is 0.256 e. The summed E-state index contributed by atoms with van der Waals surface area (Å²) >= 11 is 1.59. The van der Waals surface area contributed by atoms with Crippen LogP contribution < -0.4 is 10.6 Å². The number of benzene rings is 1. The zero-order chi connectivity index (χ0) is 22.2. The first kappa shape index (κ1) is 22.6. The van der Waals surface area contributed by atoms with Crippen LogP contribution in [0.3, 0.4) is 0 Å². The number of thioether (sulfide) groups is 1. The van der Waals surface area contributed by atoms with Crippen LogP contribution in [0.2, 0.25) is 0 Å². The molecule has 1 saturated heterocycles. The number of rotatable bonds is 7. The van der Waals surface area contributed by atoms with E-state index in [2.05, 4.69) is 10.6 Å². The maximum atomic E-state index is 13.2. The first-order valence-electron chi connectivity index (χ1n) is 10.4. The second-order valence-electron chi connectivity index (χ2n) is 8.69. The van der Waals surface area contributed by atoms with Crippen molar-refractivity contribution in [2.24, 2.45) is 5.92 Å². The quantitative estimate of drug-likeness (QED) is 0.611. The summed E-state index contributed by atoms with van der Waals surface area (Å²) in [5.41, 5.74) is 1.56. The van der Waals surface area contributed by atoms with Gasteiger partial charge in [-0.3, -0.25) is 14.4 Å². The molecule has 2 aliphatic rings. The van der Waals surface area contributed by atoms with E-state index < -0.39 is 16.8 Å². The number of amides is 3. The van der Waals surface area contributed by atoms with E-state index in [0.717, 1.165) is 12.0 Å². The van der Waals surface area contributed by atoms with E-state index in [1.54, 1.807) is 29.7 Å². The summed E-state index contributed by atoms with van der Waals surface area (Å²) in [4.78, 5) is 40.5. The van der Waals surface area contributed by atoms with Gasteiger partial charge in [0.1, 0.15) is 17.5 Å². The Labute approximate surface area is 182 Å². The summed E-state index contributed by atoms with van der Waals surface area (Å²) < 4.78 is -0.501. The van der Waals surface area contributed by atoms with Gasteiger partial charge >= 0.3 is 0 Å². The third kappa shape index (κ3) is 3.95. The van der Waals surface area contributed by atoms with Crippen molar-refractivity contribution in [2.45, 2.75) is 69.3 Å². The highest BCUT2D eigenvalue weighted by Gasteiger charge is 2.57. The van der Waals surface area contributed by atoms with Crippen LogP contribution in [0, 0.1) is 5.92 Å². The third-order valence-corrected chi connectivity index (χ3v) is 7.69. The third-order valence-electron chi connectivity index (χ3n) is 6.15. The Morgan fingerprint density at radius 2 is 1.90 bits per heavy atom. The molecule has 0 saturated carbocycles. The first-order valence-corrected chi connectivity index (χ1v) is 11.3. The van der Waals surface area contributed by atoms with Crippen molar-refractivity contribution in [1.82, 2.24) is 15.5 Å². The van der Waals surface area contributed by atoms with Gasteiger partial charge in [-0.15, -0.1) is 11.8 Å². The zero-order valence-electron chi connectivity index (χ0n) is 18.1. The van der Waals surface area contributed by atoms with Crippen molar-refractivity contribution in [3.63, 3.8) is 0 Å². The lowest BCUT2D eigenvalue weighted by Gasteiger charge is -2.31. The predicted octanol–water partition coefficient (Wildman–Crippen LogP) is 2.06. The molecule has 0 radical (unpaired) electrons. The fourth-order valence-electron chi connectivity index (χ4n) is 4.12. The SMILES string of the molecule is CC[C@@H](C)[C@@H](CO)NC(=O)[C@H](C)NC(=O)[C@H]1N2C(=O)c3ccccc3[C@@H]2SC1(C)C. The first-order chi connectivity index (χ1) is 14.1. The second kappa shape index (κ2) is 8.59. The topological polar surface area (TPSA) is 98.7 Å². The van der Waals surface area contributed by atoms with Gasteiger partial charge in [0.2, 0.25) is 11.8 Å². The highest BCUT2D eigenvalue weighted by atomic mass is 32.2. The molecule has 7 nitrogen and oxygen atoms in total. The molecule has 3 amide bonds. The van der Waals surface area contributed by atoms with E-state index in [-0.39, 0.29) is 41.7 Å². The molecule has 2 aliphatic heterocycles. The Balaban J connectivity index is 1.73. The molecule has 30 heavy (non-hydrogen) atoms. The lowest BCUT2D eigenvalue weighted by molar-refractivity contribution is -0.132. The van der Waals surface area contributed by atoms with Gasteiger partial charge in [0.25, 0.3) is 5.91 Å². The monoisotopic (exact) mass is 433 g/mol. The standard InChI is InChI=1S/C22H31N3O4S/c1-6-12(2)16(11-26)24-18(27)13(3)23-19(28)17-22(4,5)30-21-15-10-8-7-9-14(15)20(29)25(17)21/h7-10,12-13,16-17,21,26H,6,11H2,1-5H3,(H,23,28)(H,24,27)/t12-,13+,16-,17-,21+/m1/s1. The molecule has 0 spiro atoms. The minimum absolute atomic E-state index is 0.119. The van der Waals surface area contributed by atoms with Gasteiger partial charge in [0.05, 0.1) is 12.6 Å². The number of nitrogens with one attached hydrogen (secondary N) is 2. The molecule has 2 heterocycles. The molecular formula is C22H31N3O4S. The largest absolute Gasteiger partial charge is 0.394 e. The highest BCUT2D eigenvalue weighted by molar-refractivity contribution is 8.01. The zero-order valence-corrected chi connectivity index (χ0v) is 19.0. The van der Waals surface area contributed by atoms with Gasteiger partial charge in [0.15, 0.2) is 0 Å². The number of aliphatic hydroxyl groups excluding tert-OH is 1. The Bertz CT molecular complexity index is 843. The molecule has 1 aromatic rings. The molecule has 5 atom stereocenters. The van der Waals surface area contributed by atoms with Crippen LogP contribution in [-0.2, 0) is 9.59 Å². The Hall–Kier alpha value is -2.06. The fraction of sp³-hybridized carbons (Fsp3) is 0.591. The van der Waals surface area contributed by atoms with Crippen LogP contribution in [0.4, 0.5) is 0 Å². The molecule has 8 heteroatoms. The van der Waals surface area contributed by atoms with E-state index in [4.69, 9.17) is 0 Å². The van der Waals surface area contributed by atoms with Crippen molar-refractivity contribution < 1.29 is 19.5 Å². The summed E-state index contributed by atoms with van der Waals surface area (Å²) in [5.74, 6) is -0.724. The van der Waals surface area contributed by atoms with Gasteiger partial charge in [-0.2, -0.15) is 0 Å². The predicted molar refractivity (Wildman–Crippen MR) is 117 cm³/mol. The summed E-state index contributed by atoms with van der Waals surface area (Å²) in [6.45, 7) is 9.31. The number of hydrogen-bond donors (Lipinski definition) is 3. The Morgan fingerprint density at radius 3 is 2.53 bits per heavy atom. The molecule has 3 N–H and O–H groups in total. The number of carbonyl (C=O) groups is 3. The minimum atomic E-state index is -0.782. The Kier molecular flexibility index (Phi) is 6.48. The molecule has 0 bridgehead atoms. The number of carbonyl (C=O) groups excluding carboxylic acids is 3. The fourth-order valence-corrected chi connectivity index (χ4v) is 5.71. The molecule has 3 rings (SSSR count). The van der Waals surface area contributed by atoms with Gasteiger partial charge in [-0.1, -0.05) is 38.5 Å². The summed E-state index contributed by atoms with van der Waals surface area (Å²) in [7, 11) is 0. The van der Waals surface area contributed by atoms with E-state index in [1.807, 2.05) is 45.9 Å². The average molecular weight is 434 g/mol. The molecular weight excluding hydrogens is 402 g/mol. The van der Waals surface area contributed by atoms with Gasteiger partial charge in [0, 0.05) is 10.3 Å². The molecule has 0 aliphatic carbocycles.